The van der Waals surface area contributed by atoms with Crippen molar-refractivity contribution in [3.05, 3.63) is 46.2 Å². The van der Waals surface area contributed by atoms with Crippen molar-refractivity contribution in [3.8, 4) is 11.5 Å². The van der Waals surface area contributed by atoms with E-state index in [9.17, 15) is 4.79 Å². The number of urea groups is 1. The first-order chi connectivity index (χ1) is 15.6. The number of likely N-dealkylation sites (tertiary alicyclic amines) is 1. The molecule has 0 unspecified atom stereocenters. The molecule has 8 heteroatoms. The number of thiophene rings is 1. The Morgan fingerprint density at radius 1 is 1.25 bits per heavy atom. The molecule has 1 saturated carbocycles. The Morgan fingerprint density at radius 3 is 2.84 bits per heavy atom. The largest absolute Gasteiger partial charge is 0.493 e. The number of carbonyl (C=O) groups is 1. The fraction of sp³-hybridized carbons (Fsp3) is 0.500. The van der Waals surface area contributed by atoms with Gasteiger partial charge in [-0.25, -0.2) is 10.2 Å². The second-order valence-corrected chi connectivity index (χ2v) is 9.58. The number of ether oxygens (including phenoxy) is 2. The average molecular weight is 457 g/mol. The van der Waals surface area contributed by atoms with E-state index in [-0.39, 0.29) is 11.4 Å². The van der Waals surface area contributed by atoms with Gasteiger partial charge < -0.3 is 19.7 Å². The number of likely N-dealkylation sites (N-methyl/N-ethyl adjacent to an activating group) is 1. The first kappa shape index (κ1) is 22.6. The maximum atomic E-state index is 12.2. The second-order valence-electron chi connectivity index (χ2n) is 8.55. The summed E-state index contributed by atoms with van der Waals surface area (Å²) in [6.45, 7) is 1.65. The highest BCUT2D eigenvalue weighted by atomic mass is 32.1. The van der Waals surface area contributed by atoms with Crippen LogP contribution in [0.3, 0.4) is 0 Å². The molecule has 0 spiro atoms. The van der Waals surface area contributed by atoms with Crippen LogP contribution < -0.4 is 20.2 Å². The van der Waals surface area contributed by atoms with Crippen molar-refractivity contribution in [1.82, 2.24) is 15.6 Å². The molecule has 7 nitrogen and oxygen atoms in total. The fourth-order valence-electron chi connectivity index (χ4n) is 5.11. The van der Waals surface area contributed by atoms with Crippen molar-refractivity contribution >= 4 is 23.1 Å². The maximum Gasteiger partial charge on any atom is 0.335 e. The number of amides is 2. The van der Waals surface area contributed by atoms with Gasteiger partial charge in [0.25, 0.3) is 0 Å². The van der Waals surface area contributed by atoms with Crippen LogP contribution in [0.4, 0.5) is 4.79 Å². The van der Waals surface area contributed by atoms with E-state index in [1.165, 1.54) is 10.4 Å². The minimum Gasteiger partial charge on any atom is -0.493 e. The molecule has 2 N–H and O–H groups in total. The number of hydrogen-bond donors (Lipinski definition) is 2. The van der Waals surface area contributed by atoms with Gasteiger partial charge in [-0.1, -0.05) is 12.1 Å². The molecule has 0 radical (unpaired) electrons. The number of nitrogens with zero attached hydrogens (tertiary/aromatic N) is 2. The van der Waals surface area contributed by atoms with Gasteiger partial charge in [-0.15, -0.1) is 11.3 Å². The average Bonchev–Trinajstić information content (AvgIpc) is 3.46. The van der Waals surface area contributed by atoms with Crippen molar-refractivity contribution in [2.45, 2.75) is 43.6 Å². The quantitative estimate of drug-likeness (QED) is 0.622. The third-order valence-corrected chi connectivity index (χ3v) is 7.82. The van der Waals surface area contributed by atoms with E-state index in [0.29, 0.717) is 12.6 Å². The van der Waals surface area contributed by atoms with Gasteiger partial charge in [-0.05, 0) is 68.4 Å². The summed E-state index contributed by atoms with van der Waals surface area (Å²) >= 11 is 1.70. The molecule has 1 aromatic heterocycles. The molecule has 172 valence electrons. The van der Waals surface area contributed by atoms with Gasteiger partial charge in [-0.3, -0.25) is 0 Å². The van der Waals surface area contributed by atoms with Gasteiger partial charge in [0.1, 0.15) is 0 Å². The maximum absolute atomic E-state index is 12.2. The minimum absolute atomic E-state index is 0.0658. The zero-order chi connectivity index (χ0) is 22.6. The van der Waals surface area contributed by atoms with E-state index in [4.69, 9.17) is 9.47 Å². The van der Waals surface area contributed by atoms with E-state index in [0.717, 1.165) is 55.9 Å². The molecule has 1 saturated heterocycles. The Bertz CT molecular complexity index is 962. The normalized spacial score (nSPS) is 24.2. The number of benzene rings is 1. The second kappa shape index (κ2) is 9.92. The highest BCUT2D eigenvalue weighted by molar-refractivity contribution is 7.09. The predicted molar refractivity (Wildman–Crippen MR) is 128 cm³/mol. The molecule has 2 heterocycles. The van der Waals surface area contributed by atoms with Crippen LogP contribution in [0.1, 0.15) is 36.1 Å². The van der Waals surface area contributed by atoms with Gasteiger partial charge in [0.05, 0.1) is 14.2 Å². The van der Waals surface area contributed by atoms with Crippen molar-refractivity contribution in [1.29, 1.82) is 0 Å². The topological polar surface area (TPSA) is 75.2 Å². The molecule has 2 aliphatic rings. The van der Waals surface area contributed by atoms with Crippen LogP contribution in [0.15, 0.2) is 40.8 Å². The number of fused-ring (bicyclic) bond motifs is 1. The smallest absolute Gasteiger partial charge is 0.335 e. The molecule has 0 bridgehead atoms. The molecule has 1 aromatic carbocycles. The Balaban J connectivity index is 1.40. The molecule has 2 fully saturated rings. The Hall–Kier alpha value is -2.58. The molecule has 2 aromatic rings. The van der Waals surface area contributed by atoms with Gasteiger partial charge in [0.15, 0.2) is 11.5 Å². The lowest BCUT2D eigenvalue weighted by atomic mass is 9.65. The summed E-state index contributed by atoms with van der Waals surface area (Å²) in [4.78, 5) is 15.8. The molecule has 2 atom stereocenters. The van der Waals surface area contributed by atoms with Crippen LogP contribution in [0, 0.1) is 0 Å². The summed E-state index contributed by atoms with van der Waals surface area (Å²) in [6.07, 6.45) is 4.66. The van der Waals surface area contributed by atoms with Gasteiger partial charge in [0.2, 0.25) is 0 Å². The third kappa shape index (κ3) is 4.61. The number of carbonyl (C=O) groups excluding carboxylic acids is 1. The standard InChI is InChI=1S/C24H32N4O3S/c1-28-13-11-24(17-6-7-20(30-2)21(15-17)31-3)10-8-18(16-22(24)28)26-27-23(29)25-12-9-19-5-4-14-32-19/h4-7,14-15,22H,8-13,16H2,1-3H3,(H2,25,27,29)/t22-,24-/m0/s1. The van der Waals surface area contributed by atoms with Crippen LogP contribution in [-0.2, 0) is 11.8 Å². The monoisotopic (exact) mass is 456 g/mol. The summed E-state index contributed by atoms with van der Waals surface area (Å²) in [5, 5.41) is 9.40. The number of nitrogens with one attached hydrogen (secondary N) is 2. The minimum atomic E-state index is -0.245. The Labute approximate surface area is 193 Å². The summed E-state index contributed by atoms with van der Waals surface area (Å²) < 4.78 is 11.0. The highest BCUT2D eigenvalue weighted by Crippen LogP contribution is 2.49. The summed E-state index contributed by atoms with van der Waals surface area (Å²) in [5.41, 5.74) is 5.11. The molecule has 4 rings (SSSR count). The first-order valence-corrected chi connectivity index (χ1v) is 12.0. The Kier molecular flexibility index (Phi) is 7.01. The molecule has 1 aliphatic carbocycles. The fourth-order valence-corrected chi connectivity index (χ4v) is 5.82. The summed E-state index contributed by atoms with van der Waals surface area (Å²) in [7, 11) is 5.53. The molecule has 1 aliphatic heterocycles. The van der Waals surface area contributed by atoms with Crippen molar-refractivity contribution in [2.75, 3.05) is 34.4 Å². The third-order valence-electron chi connectivity index (χ3n) is 6.88. The molecule has 32 heavy (non-hydrogen) atoms. The van der Waals surface area contributed by atoms with Crippen molar-refractivity contribution < 1.29 is 14.3 Å². The lowest BCUT2D eigenvalue weighted by Crippen LogP contribution is -2.46. The number of hydrazone groups is 1. The summed E-state index contributed by atoms with van der Waals surface area (Å²) in [5.74, 6) is 1.52. The first-order valence-electron chi connectivity index (χ1n) is 11.1. The highest BCUT2D eigenvalue weighted by Gasteiger charge is 2.49. The zero-order valence-corrected chi connectivity index (χ0v) is 19.8. The summed E-state index contributed by atoms with van der Waals surface area (Å²) in [6, 6.07) is 10.5. The van der Waals surface area contributed by atoms with Crippen LogP contribution in [-0.4, -0.2) is 57.0 Å². The van der Waals surface area contributed by atoms with Gasteiger partial charge in [-0.2, -0.15) is 5.10 Å². The number of methoxy groups -OCH3 is 2. The zero-order valence-electron chi connectivity index (χ0n) is 19.0. The van der Waals surface area contributed by atoms with Crippen molar-refractivity contribution in [2.24, 2.45) is 5.10 Å². The predicted octanol–water partition coefficient (Wildman–Crippen LogP) is 3.79. The van der Waals surface area contributed by atoms with Gasteiger partial charge >= 0.3 is 6.03 Å². The lowest BCUT2D eigenvalue weighted by molar-refractivity contribution is 0.225. The van der Waals surface area contributed by atoms with E-state index in [1.54, 1.807) is 25.6 Å². The lowest BCUT2D eigenvalue weighted by Gasteiger charge is -2.42. The van der Waals surface area contributed by atoms with E-state index in [1.807, 2.05) is 17.5 Å². The number of rotatable bonds is 7. The molecular formula is C24H32N4O3S. The molecular weight excluding hydrogens is 424 g/mol. The van der Waals surface area contributed by atoms with E-state index < -0.39 is 0 Å². The van der Waals surface area contributed by atoms with Crippen LogP contribution in [0.5, 0.6) is 11.5 Å². The van der Waals surface area contributed by atoms with E-state index >= 15 is 0 Å². The van der Waals surface area contributed by atoms with Gasteiger partial charge in [0, 0.05) is 35.0 Å². The van der Waals surface area contributed by atoms with Crippen LogP contribution in [0.2, 0.25) is 0 Å². The van der Waals surface area contributed by atoms with E-state index in [2.05, 4.69) is 46.0 Å². The van der Waals surface area contributed by atoms with Crippen LogP contribution >= 0.6 is 11.3 Å². The Morgan fingerprint density at radius 2 is 2.09 bits per heavy atom. The molecule has 2 amide bonds. The van der Waals surface area contributed by atoms with Crippen molar-refractivity contribution in [3.63, 3.8) is 0 Å². The SMILES string of the molecule is COc1ccc([C@@]23CCC(=NNC(=O)NCCc4cccs4)C[C@@H]2N(C)CC3)cc1OC. The number of hydrogen-bond acceptors (Lipinski definition) is 6. The van der Waals surface area contributed by atoms with Crippen LogP contribution in [0.25, 0.3) is 0 Å².